The number of carbonyl (C=O) groups excluding carboxylic acids is 2. The van der Waals surface area contributed by atoms with Crippen LogP contribution < -0.4 is 5.32 Å². The third-order valence-electron chi connectivity index (χ3n) is 8.45. The molecule has 1 aromatic carbocycles. The molecular formula is C28H41FN2O3. The van der Waals surface area contributed by atoms with Crippen LogP contribution in [0.4, 0.5) is 4.39 Å². The van der Waals surface area contributed by atoms with E-state index in [4.69, 9.17) is 4.74 Å². The third-order valence-corrected chi connectivity index (χ3v) is 8.45. The Morgan fingerprint density at radius 2 is 1.65 bits per heavy atom. The average molecular weight is 473 g/mol. The fourth-order valence-electron chi connectivity index (χ4n) is 6.21. The highest BCUT2D eigenvalue weighted by atomic mass is 19.1. The van der Waals surface area contributed by atoms with Gasteiger partial charge in [0.2, 0.25) is 5.91 Å². The van der Waals surface area contributed by atoms with E-state index in [0.29, 0.717) is 30.0 Å². The fourth-order valence-corrected chi connectivity index (χ4v) is 6.21. The predicted molar refractivity (Wildman–Crippen MR) is 131 cm³/mol. The number of ketones is 1. The van der Waals surface area contributed by atoms with E-state index in [2.05, 4.69) is 10.2 Å². The van der Waals surface area contributed by atoms with Gasteiger partial charge in [0, 0.05) is 31.1 Å². The number of nitrogens with one attached hydrogen (secondary N) is 1. The van der Waals surface area contributed by atoms with Crippen molar-refractivity contribution < 1.29 is 18.7 Å². The van der Waals surface area contributed by atoms with E-state index in [1.54, 1.807) is 19.2 Å². The molecule has 2 saturated carbocycles. The molecule has 4 rings (SSSR count). The van der Waals surface area contributed by atoms with Gasteiger partial charge in [-0.15, -0.1) is 0 Å². The van der Waals surface area contributed by atoms with Gasteiger partial charge in [-0.1, -0.05) is 0 Å². The molecule has 1 saturated heterocycles. The number of benzene rings is 1. The van der Waals surface area contributed by atoms with Crippen molar-refractivity contribution in [3.05, 3.63) is 35.6 Å². The summed E-state index contributed by atoms with van der Waals surface area (Å²) in [6.07, 6.45) is 11.8. The van der Waals surface area contributed by atoms with Crippen molar-refractivity contribution in [1.29, 1.82) is 0 Å². The molecule has 0 radical (unpaired) electrons. The Balaban J connectivity index is 1.09. The van der Waals surface area contributed by atoms with Gasteiger partial charge in [0.15, 0.2) is 5.78 Å². The van der Waals surface area contributed by atoms with E-state index in [1.807, 2.05) is 0 Å². The largest absolute Gasteiger partial charge is 0.381 e. The molecule has 0 bridgehead atoms. The molecule has 34 heavy (non-hydrogen) atoms. The Kier molecular flexibility index (Phi) is 9.12. The minimum Gasteiger partial charge on any atom is -0.381 e. The summed E-state index contributed by atoms with van der Waals surface area (Å²) in [7, 11) is 1.77. The molecule has 2 atom stereocenters. The standard InChI is InChI=1S/C28H41FN2O3/c1-34-26-11-4-21(18-26)19-27(32)30-25-9-2-20(3-10-25)12-15-31-16-13-23(14-17-31)28(33)22-5-7-24(29)8-6-22/h5-8,20-21,23,25-26H,2-4,9-19H2,1H3,(H,30,32)/t20?,21-,25?,26+/m1/s1. The lowest BCUT2D eigenvalue weighted by atomic mass is 9.83. The van der Waals surface area contributed by atoms with Crippen LogP contribution >= 0.6 is 0 Å². The SMILES string of the molecule is CO[C@H]1CC[C@@H](CC(=O)NC2CCC(CCN3CCC(C(=O)c4ccc(F)cc4)CC3)CC2)C1. The van der Waals surface area contributed by atoms with Gasteiger partial charge >= 0.3 is 0 Å². The van der Waals surface area contributed by atoms with Gasteiger partial charge < -0.3 is 15.0 Å². The van der Waals surface area contributed by atoms with E-state index in [0.717, 1.165) is 70.5 Å². The zero-order valence-electron chi connectivity index (χ0n) is 20.6. The molecule has 1 aromatic rings. The van der Waals surface area contributed by atoms with Crippen molar-refractivity contribution in [3.8, 4) is 0 Å². The molecule has 0 unspecified atom stereocenters. The molecule has 6 heteroatoms. The van der Waals surface area contributed by atoms with Gasteiger partial charge in [-0.05, 0) is 120 Å². The Labute approximate surface area is 203 Å². The van der Waals surface area contributed by atoms with Crippen LogP contribution in [0.15, 0.2) is 24.3 Å². The Morgan fingerprint density at radius 3 is 2.29 bits per heavy atom. The van der Waals surface area contributed by atoms with E-state index in [-0.39, 0.29) is 23.4 Å². The molecule has 2 aliphatic carbocycles. The summed E-state index contributed by atoms with van der Waals surface area (Å²) in [6.45, 7) is 3.03. The van der Waals surface area contributed by atoms with E-state index in [9.17, 15) is 14.0 Å². The van der Waals surface area contributed by atoms with E-state index >= 15 is 0 Å². The molecule has 3 aliphatic rings. The van der Waals surface area contributed by atoms with Crippen molar-refractivity contribution in [3.63, 3.8) is 0 Å². The average Bonchev–Trinajstić information content (AvgIpc) is 3.31. The Bertz CT molecular complexity index is 798. The second kappa shape index (κ2) is 12.3. The number of likely N-dealkylation sites (tertiary alicyclic amines) is 1. The zero-order chi connectivity index (χ0) is 23.9. The second-order valence-corrected chi connectivity index (χ2v) is 10.8. The summed E-state index contributed by atoms with van der Waals surface area (Å²) >= 11 is 0. The summed E-state index contributed by atoms with van der Waals surface area (Å²) in [4.78, 5) is 27.6. The minimum absolute atomic E-state index is 0.0605. The van der Waals surface area contributed by atoms with Gasteiger partial charge in [0.1, 0.15) is 5.82 Å². The van der Waals surface area contributed by atoms with Crippen LogP contribution in [0.1, 0.15) is 81.0 Å². The maximum atomic E-state index is 13.1. The topological polar surface area (TPSA) is 58.6 Å². The number of nitrogens with zero attached hydrogens (tertiary/aromatic N) is 1. The highest BCUT2D eigenvalue weighted by molar-refractivity contribution is 5.97. The van der Waals surface area contributed by atoms with Gasteiger partial charge in [0.05, 0.1) is 6.10 Å². The Morgan fingerprint density at radius 1 is 0.971 bits per heavy atom. The highest BCUT2D eigenvalue weighted by Crippen LogP contribution is 2.31. The molecule has 1 aliphatic heterocycles. The maximum absolute atomic E-state index is 13.1. The Hall–Kier alpha value is -1.79. The molecule has 0 aromatic heterocycles. The summed E-state index contributed by atoms with van der Waals surface area (Å²) < 4.78 is 18.5. The first-order chi connectivity index (χ1) is 16.5. The van der Waals surface area contributed by atoms with Crippen LogP contribution in [0.5, 0.6) is 0 Å². The lowest BCUT2D eigenvalue weighted by Crippen LogP contribution is -2.39. The monoisotopic (exact) mass is 472 g/mol. The smallest absolute Gasteiger partial charge is 0.220 e. The lowest BCUT2D eigenvalue weighted by molar-refractivity contribution is -0.123. The summed E-state index contributed by atoms with van der Waals surface area (Å²) in [5, 5.41) is 3.29. The molecule has 1 heterocycles. The number of hydrogen-bond acceptors (Lipinski definition) is 4. The van der Waals surface area contributed by atoms with Crippen LogP contribution in [0.2, 0.25) is 0 Å². The number of Topliss-reactive ketones (excluding diaryl/α,β-unsaturated/α-hetero) is 1. The minimum atomic E-state index is -0.299. The fraction of sp³-hybridized carbons (Fsp3) is 0.714. The van der Waals surface area contributed by atoms with Crippen molar-refractivity contribution in [2.24, 2.45) is 17.8 Å². The zero-order valence-corrected chi connectivity index (χ0v) is 20.6. The molecule has 0 spiro atoms. The first kappa shape index (κ1) is 25.3. The van der Waals surface area contributed by atoms with Crippen LogP contribution in [0, 0.1) is 23.6 Å². The van der Waals surface area contributed by atoms with Crippen LogP contribution in [-0.2, 0) is 9.53 Å². The second-order valence-electron chi connectivity index (χ2n) is 10.8. The molecule has 3 fully saturated rings. The first-order valence-corrected chi connectivity index (χ1v) is 13.3. The number of piperidine rings is 1. The summed E-state index contributed by atoms with van der Waals surface area (Å²) in [5.41, 5.74) is 0.631. The lowest BCUT2D eigenvalue weighted by Gasteiger charge is -2.34. The van der Waals surface area contributed by atoms with Gasteiger partial charge in [-0.3, -0.25) is 9.59 Å². The van der Waals surface area contributed by atoms with Gasteiger partial charge in [-0.25, -0.2) is 4.39 Å². The summed E-state index contributed by atoms with van der Waals surface area (Å²) in [6, 6.07) is 6.30. The van der Waals surface area contributed by atoms with Gasteiger partial charge in [0.25, 0.3) is 0 Å². The van der Waals surface area contributed by atoms with Crippen LogP contribution in [0.3, 0.4) is 0 Å². The maximum Gasteiger partial charge on any atom is 0.220 e. The van der Waals surface area contributed by atoms with Crippen LogP contribution in [0.25, 0.3) is 0 Å². The van der Waals surface area contributed by atoms with Crippen molar-refractivity contribution in [2.45, 2.75) is 82.8 Å². The van der Waals surface area contributed by atoms with E-state index < -0.39 is 0 Å². The van der Waals surface area contributed by atoms with Crippen molar-refractivity contribution in [1.82, 2.24) is 10.2 Å². The predicted octanol–water partition coefficient (Wildman–Crippen LogP) is 4.99. The molecular weight excluding hydrogens is 431 g/mol. The van der Waals surface area contributed by atoms with Crippen molar-refractivity contribution in [2.75, 3.05) is 26.7 Å². The van der Waals surface area contributed by atoms with Gasteiger partial charge in [-0.2, -0.15) is 0 Å². The first-order valence-electron chi connectivity index (χ1n) is 13.3. The normalized spacial score (nSPS) is 28.6. The van der Waals surface area contributed by atoms with Crippen molar-refractivity contribution >= 4 is 11.7 Å². The molecule has 188 valence electrons. The number of methoxy groups -OCH3 is 1. The van der Waals surface area contributed by atoms with Crippen LogP contribution in [-0.4, -0.2) is 55.5 Å². The summed E-state index contributed by atoms with van der Waals surface area (Å²) in [5.74, 6) is 1.37. The third kappa shape index (κ3) is 7.11. The number of halogens is 1. The molecule has 5 nitrogen and oxygen atoms in total. The number of carbonyl (C=O) groups is 2. The highest BCUT2D eigenvalue weighted by Gasteiger charge is 2.29. The molecule has 1 N–H and O–H groups in total. The number of rotatable bonds is 9. The number of amides is 1. The quantitative estimate of drug-likeness (QED) is 0.515. The van der Waals surface area contributed by atoms with E-state index in [1.165, 1.54) is 31.4 Å². The number of hydrogen-bond donors (Lipinski definition) is 1. The number of ether oxygens (including phenoxy) is 1. The molecule has 1 amide bonds.